The van der Waals surface area contributed by atoms with Crippen LogP contribution in [0.15, 0.2) is 18.2 Å². The fraction of sp³-hybridized carbons (Fsp3) is 0.652. The Morgan fingerprint density at radius 2 is 2.00 bits per heavy atom. The molecule has 154 valence electrons. The molecular formula is C23H34N2O3. The third-order valence-electron chi connectivity index (χ3n) is 5.90. The van der Waals surface area contributed by atoms with Gasteiger partial charge in [-0.05, 0) is 44.7 Å². The van der Waals surface area contributed by atoms with Crippen molar-refractivity contribution in [3.05, 3.63) is 18.2 Å². The smallest absolute Gasteiger partial charge is 0.236 e. The minimum absolute atomic E-state index is 0.0564. The highest BCUT2D eigenvalue weighted by Gasteiger charge is 2.37. The largest absolute Gasteiger partial charge is 0.490 e. The molecule has 0 unspecified atom stereocenters. The monoisotopic (exact) mass is 386 g/mol. The molecule has 0 atom stereocenters. The SMILES string of the molecule is CCCN1C(=O)C(C)(C)COc2cc(NC(=O)CCC3CCCCC3)ccc21. The summed E-state index contributed by atoms with van der Waals surface area (Å²) in [5, 5.41) is 3.01. The van der Waals surface area contributed by atoms with Gasteiger partial charge in [0.2, 0.25) is 11.8 Å². The number of rotatable bonds is 6. The number of amides is 2. The summed E-state index contributed by atoms with van der Waals surface area (Å²) in [4.78, 5) is 27.1. The number of benzene rings is 1. The molecular weight excluding hydrogens is 352 g/mol. The molecule has 28 heavy (non-hydrogen) atoms. The van der Waals surface area contributed by atoms with Crippen LogP contribution < -0.4 is 15.0 Å². The summed E-state index contributed by atoms with van der Waals surface area (Å²) in [6.45, 7) is 6.88. The van der Waals surface area contributed by atoms with Crippen LogP contribution in [0.4, 0.5) is 11.4 Å². The van der Waals surface area contributed by atoms with E-state index in [-0.39, 0.29) is 11.8 Å². The predicted octanol–water partition coefficient (Wildman–Crippen LogP) is 5.15. The predicted molar refractivity (Wildman–Crippen MR) is 113 cm³/mol. The van der Waals surface area contributed by atoms with Crippen molar-refractivity contribution < 1.29 is 14.3 Å². The molecule has 5 heteroatoms. The highest BCUT2D eigenvalue weighted by atomic mass is 16.5. The van der Waals surface area contributed by atoms with E-state index in [0.717, 1.165) is 24.2 Å². The van der Waals surface area contributed by atoms with E-state index in [0.29, 0.717) is 31.2 Å². The maximum Gasteiger partial charge on any atom is 0.236 e. The number of anilines is 2. The van der Waals surface area contributed by atoms with Crippen LogP contribution in [0.25, 0.3) is 0 Å². The van der Waals surface area contributed by atoms with Gasteiger partial charge in [-0.1, -0.05) is 39.0 Å². The Morgan fingerprint density at radius 1 is 1.25 bits per heavy atom. The molecule has 1 heterocycles. The maximum absolute atomic E-state index is 12.9. The Kier molecular flexibility index (Phi) is 6.63. The van der Waals surface area contributed by atoms with Crippen LogP contribution >= 0.6 is 0 Å². The van der Waals surface area contributed by atoms with Gasteiger partial charge in [-0.15, -0.1) is 0 Å². The zero-order valence-corrected chi connectivity index (χ0v) is 17.6. The molecule has 0 spiro atoms. The first-order valence-electron chi connectivity index (χ1n) is 10.8. The Hall–Kier alpha value is -2.04. The summed E-state index contributed by atoms with van der Waals surface area (Å²) in [5.74, 6) is 1.50. The third kappa shape index (κ3) is 4.86. The Bertz CT molecular complexity index is 708. The molecule has 1 fully saturated rings. The van der Waals surface area contributed by atoms with Crippen molar-refractivity contribution >= 4 is 23.2 Å². The third-order valence-corrected chi connectivity index (χ3v) is 5.90. The van der Waals surface area contributed by atoms with Crippen LogP contribution in [0.2, 0.25) is 0 Å². The topological polar surface area (TPSA) is 58.6 Å². The van der Waals surface area contributed by atoms with Crippen molar-refractivity contribution in [2.75, 3.05) is 23.4 Å². The lowest BCUT2D eigenvalue weighted by Gasteiger charge is -2.27. The first kappa shape index (κ1) is 20.7. The lowest BCUT2D eigenvalue weighted by Crippen LogP contribution is -2.42. The van der Waals surface area contributed by atoms with Crippen molar-refractivity contribution in [1.82, 2.24) is 0 Å². The molecule has 0 radical (unpaired) electrons. The minimum Gasteiger partial charge on any atom is -0.490 e. The van der Waals surface area contributed by atoms with Gasteiger partial charge in [0, 0.05) is 24.7 Å². The minimum atomic E-state index is -0.572. The van der Waals surface area contributed by atoms with Gasteiger partial charge in [-0.3, -0.25) is 9.59 Å². The summed E-state index contributed by atoms with van der Waals surface area (Å²) >= 11 is 0. The summed E-state index contributed by atoms with van der Waals surface area (Å²) in [6.07, 6.45) is 8.88. The van der Waals surface area contributed by atoms with Crippen LogP contribution in [-0.2, 0) is 9.59 Å². The average molecular weight is 387 g/mol. The number of fused-ring (bicyclic) bond motifs is 1. The van der Waals surface area contributed by atoms with Crippen LogP contribution in [0.5, 0.6) is 5.75 Å². The second-order valence-electron chi connectivity index (χ2n) is 8.90. The molecule has 1 aromatic rings. The van der Waals surface area contributed by atoms with Gasteiger partial charge in [0.15, 0.2) is 0 Å². The van der Waals surface area contributed by atoms with Crippen LogP contribution in [0.3, 0.4) is 0 Å². The Labute approximate surface area is 168 Å². The molecule has 1 saturated carbocycles. The number of hydrogen-bond donors (Lipinski definition) is 1. The van der Waals surface area contributed by atoms with E-state index < -0.39 is 5.41 Å². The first-order valence-corrected chi connectivity index (χ1v) is 10.8. The highest BCUT2D eigenvalue weighted by Crippen LogP contribution is 2.38. The van der Waals surface area contributed by atoms with Gasteiger partial charge < -0.3 is 15.0 Å². The van der Waals surface area contributed by atoms with Crippen molar-refractivity contribution in [2.24, 2.45) is 11.3 Å². The molecule has 1 aliphatic heterocycles. The van der Waals surface area contributed by atoms with Gasteiger partial charge in [0.25, 0.3) is 0 Å². The van der Waals surface area contributed by atoms with Crippen LogP contribution in [0.1, 0.15) is 72.1 Å². The molecule has 0 bridgehead atoms. The fourth-order valence-electron chi connectivity index (χ4n) is 4.21. The summed E-state index contributed by atoms with van der Waals surface area (Å²) in [5.41, 5.74) is 0.950. The summed E-state index contributed by atoms with van der Waals surface area (Å²) < 4.78 is 5.97. The Morgan fingerprint density at radius 3 is 2.71 bits per heavy atom. The Balaban J connectivity index is 1.67. The standard InChI is InChI=1S/C23H34N2O3/c1-4-14-25-19-12-11-18(15-20(19)28-16-23(2,3)22(25)27)24-21(26)13-10-17-8-6-5-7-9-17/h11-12,15,17H,4-10,13-14,16H2,1-3H3,(H,24,26). The van der Waals surface area contributed by atoms with Gasteiger partial charge in [-0.2, -0.15) is 0 Å². The lowest BCUT2D eigenvalue weighted by atomic mass is 9.86. The fourth-order valence-corrected chi connectivity index (χ4v) is 4.21. The van der Waals surface area contributed by atoms with E-state index in [4.69, 9.17) is 4.74 Å². The van der Waals surface area contributed by atoms with E-state index in [2.05, 4.69) is 12.2 Å². The zero-order valence-electron chi connectivity index (χ0n) is 17.6. The molecule has 2 amide bonds. The van der Waals surface area contributed by atoms with E-state index in [9.17, 15) is 9.59 Å². The van der Waals surface area contributed by atoms with E-state index >= 15 is 0 Å². The van der Waals surface area contributed by atoms with Crippen molar-refractivity contribution in [3.8, 4) is 5.75 Å². The maximum atomic E-state index is 12.9. The number of carbonyl (C=O) groups is 2. The normalized spacial score (nSPS) is 19.5. The molecule has 1 aromatic carbocycles. The van der Waals surface area contributed by atoms with Gasteiger partial charge in [0.05, 0.1) is 11.1 Å². The average Bonchev–Trinajstić information content (AvgIpc) is 2.78. The van der Waals surface area contributed by atoms with Crippen LogP contribution in [0, 0.1) is 11.3 Å². The second kappa shape index (κ2) is 8.97. The molecule has 0 aromatic heterocycles. The summed E-state index contributed by atoms with van der Waals surface area (Å²) in [6, 6.07) is 5.61. The molecule has 2 aliphatic rings. The van der Waals surface area contributed by atoms with Gasteiger partial charge in [-0.25, -0.2) is 0 Å². The number of nitrogens with one attached hydrogen (secondary N) is 1. The van der Waals surface area contributed by atoms with E-state index in [1.165, 1.54) is 32.1 Å². The zero-order chi connectivity index (χ0) is 20.1. The molecule has 0 saturated heterocycles. The van der Waals surface area contributed by atoms with Gasteiger partial charge >= 0.3 is 0 Å². The molecule has 1 aliphatic carbocycles. The number of hydrogen-bond acceptors (Lipinski definition) is 3. The number of ether oxygens (including phenoxy) is 1. The molecule has 1 N–H and O–H groups in total. The first-order chi connectivity index (χ1) is 13.4. The lowest BCUT2D eigenvalue weighted by molar-refractivity contribution is -0.127. The second-order valence-corrected chi connectivity index (χ2v) is 8.90. The van der Waals surface area contributed by atoms with Crippen LogP contribution in [-0.4, -0.2) is 25.0 Å². The number of nitrogens with zero attached hydrogens (tertiary/aromatic N) is 1. The van der Waals surface area contributed by atoms with Crippen molar-refractivity contribution in [3.63, 3.8) is 0 Å². The quantitative estimate of drug-likeness (QED) is 0.736. The van der Waals surface area contributed by atoms with E-state index in [1.807, 2.05) is 36.9 Å². The van der Waals surface area contributed by atoms with Crippen molar-refractivity contribution in [2.45, 2.75) is 72.1 Å². The molecule has 5 nitrogen and oxygen atoms in total. The highest BCUT2D eigenvalue weighted by molar-refractivity contribution is 6.00. The molecule has 3 rings (SSSR count). The summed E-state index contributed by atoms with van der Waals surface area (Å²) in [7, 11) is 0. The van der Waals surface area contributed by atoms with Gasteiger partial charge in [0.1, 0.15) is 12.4 Å². The van der Waals surface area contributed by atoms with Crippen molar-refractivity contribution in [1.29, 1.82) is 0 Å². The van der Waals surface area contributed by atoms with E-state index in [1.54, 1.807) is 0 Å². The number of carbonyl (C=O) groups excluding carboxylic acids is 2.